The molecule has 1 heterocycles. The Morgan fingerprint density at radius 3 is 2.70 bits per heavy atom. The molecule has 0 N–H and O–H groups in total. The van der Waals surface area contributed by atoms with Crippen LogP contribution < -0.4 is 9.47 Å². The van der Waals surface area contributed by atoms with E-state index in [-0.39, 0.29) is 25.2 Å². The zero-order chi connectivity index (χ0) is 14.4. The van der Waals surface area contributed by atoms with E-state index in [0.29, 0.717) is 24.7 Å². The van der Waals surface area contributed by atoms with Gasteiger partial charge < -0.3 is 14.2 Å². The summed E-state index contributed by atoms with van der Waals surface area (Å²) in [5.41, 5.74) is 0.809. The third-order valence-electron chi connectivity index (χ3n) is 2.86. The number of rotatable bonds is 5. The molecule has 0 amide bonds. The second kappa shape index (κ2) is 6.93. The Balaban J connectivity index is 1.97. The van der Waals surface area contributed by atoms with Crippen LogP contribution in [0.25, 0.3) is 0 Å². The van der Waals surface area contributed by atoms with Gasteiger partial charge in [0.25, 0.3) is 0 Å². The van der Waals surface area contributed by atoms with Crippen molar-refractivity contribution in [2.75, 3.05) is 19.8 Å². The van der Waals surface area contributed by atoms with E-state index in [9.17, 15) is 9.59 Å². The van der Waals surface area contributed by atoms with Crippen molar-refractivity contribution in [3.63, 3.8) is 0 Å². The number of hydrogen-bond donors (Lipinski definition) is 0. The number of Topliss-reactive ketones (excluding diaryl/α,β-unsaturated/α-hetero) is 1. The Hall–Kier alpha value is -2.04. The van der Waals surface area contributed by atoms with Gasteiger partial charge in [-0.2, -0.15) is 0 Å². The Labute approximate surface area is 117 Å². The van der Waals surface area contributed by atoms with Gasteiger partial charge in [-0.05, 0) is 24.6 Å². The van der Waals surface area contributed by atoms with E-state index in [1.54, 1.807) is 19.1 Å². The first kappa shape index (κ1) is 14.4. The third kappa shape index (κ3) is 3.98. The fourth-order valence-corrected chi connectivity index (χ4v) is 1.98. The minimum Gasteiger partial charge on any atom is -0.490 e. The van der Waals surface area contributed by atoms with Crippen LogP contribution in [0.2, 0.25) is 0 Å². The van der Waals surface area contributed by atoms with Gasteiger partial charge in [0.2, 0.25) is 0 Å². The normalized spacial score (nSPS) is 13.4. The highest BCUT2D eigenvalue weighted by Crippen LogP contribution is 2.30. The molecule has 20 heavy (non-hydrogen) atoms. The van der Waals surface area contributed by atoms with Crippen LogP contribution in [0.3, 0.4) is 0 Å². The monoisotopic (exact) mass is 278 g/mol. The fourth-order valence-electron chi connectivity index (χ4n) is 1.98. The highest BCUT2D eigenvalue weighted by Gasteiger charge is 2.14. The van der Waals surface area contributed by atoms with Crippen molar-refractivity contribution in [3.05, 3.63) is 23.8 Å². The zero-order valence-electron chi connectivity index (χ0n) is 11.5. The molecule has 0 aliphatic carbocycles. The number of hydrogen-bond acceptors (Lipinski definition) is 5. The van der Waals surface area contributed by atoms with Crippen molar-refractivity contribution in [1.82, 2.24) is 0 Å². The highest BCUT2D eigenvalue weighted by atomic mass is 16.5. The quantitative estimate of drug-likeness (QED) is 0.608. The van der Waals surface area contributed by atoms with E-state index in [2.05, 4.69) is 0 Å². The molecular formula is C15H18O5. The van der Waals surface area contributed by atoms with E-state index in [4.69, 9.17) is 14.2 Å². The summed E-state index contributed by atoms with van der Waals surface area (Å²) in [6, 6.07) is 5.41. The Morgan fingerprint density at radius 2 is 1.95 bits per heavy atom. The molecule has 0 spiro atoms. The van der Waals surface area contributed by atoms with Gasteiger partial charge in [0, 0.05) is 12.8 Å². The van der Waals surface area contributed by atoms with Crippen molar-refractivity contribution in [3.8, 4) is 11.5 Å². The van der Waals surface area contributed by atoms with Crippen LogP contribution in [0.4, 0.5) is 0 Å². The molecule has 0 saturated heterocycles. The van der Waals surface area contributed by atoms with E-state index in [1.807, 2.05) is 6.07 Å². The first-order valence-electron chi connectivity index (χ1n) is 6.75. The third-order valence-corrected chi connectivity index (χ3v) is 2.86. The highest BCUT2D eigenvalue weighted by molar-refractivity contribution is 5.96. The molecule has 1 aliphatic heterocycles. The van der Waals surface area contributed by atoms with Gasteiger partial charge in [-0.1, -0.05) is 6.07 Å². The van der Waals surface area contributed by atoms with Crippen molar-refractivity contribution in [2.24, 2.45) is 0 Å². The van der Waals surface area contributed by atoms with Crippen molar-refractivity contribution < 1.29 is 23.8 Å². The van der Waals surface area contributed by atoms with E-state index < -0.39 is 5.97 Å². The van der Waals surface area contributed by atoms with E-state index in [0.717, 1.165) is 12.0 Å². The standard InChI is InChI=1S/C15H18O5/c1-2-18-15(17)10-12(16)8-11-4-5-13-14(9-11)20-7-3-6-19-13/h4-5,9H,2-3,6-8,10H2,1H3. The number of ether oxygens (including phenoxy) is 3. The maximum Gasteiger partial charge on any atom is 0.313 e. The van der Waals surface area contributed by atoms with Gasteiger partial charge in [-0.25, -0.2) is 0 Å². The summed E-state index contributed by atoms with van der Waals surface area (Å²) in [6.07, 6.45) is 0.837. The largest absolute Gasteiger partial charge is 0.490 e. The van der Waals surface area contributed by atoms with Gasteiger partial charge in [0.1, 0.15) is 12.2 Å². The Morgan fingerprint density at radius 1 is 1.20 bits per heavy atom. The molecule has 2 rings (SSSR count). The minimum atomic E-state index is -0.480. The summed E-state index contributed by atoms with van der Waals surface area (Å²) < 4.78 is 15.8. The van der Waals surface area contributed by atoms with Crippen LogP contribution >= 0.6 is 0 Å². The molecule has 0 atom stereocenters. The topological polar surface area (TPSA) is 61.8 Å². The van der Waals surface area contributed by atoms with Crippen LogP contribution in [0, 0.1) is 0 Å². The summed E-state index contributed by atoms with van der Waals surface area (Å²) >= 11 is 0. The van der Waals surface area contributed by atoms with Gasteiger partial charge in [-0.3, -0.25) is 9.59 Å². The van der Waals surface area contributed by atoms with Crippen molar-refractivity contribution >= 4 is 11.8 Å². The molecule has 0 bridgehead atoms. The molecule has 1 aromatic carbocycles. The lowest BCUT2D eigenvalue weighted by Gasteiger charge is -2.09. The molecule has 5 nitrogen and oxygen atoms in total. The summed E-state index contributed by atoms with van der Waals surface area (Å²) in [7, 11) is 0. The summed E-state index contributed by atoms with van der Waals surface area (Å²) in [5, 5.41) is 0. The number of carbonyl (C=O) groups is 2. The molecule has 5 heteroatoms. The minimum absolute atomic E-state index is 0.169. The summed E-state index contributed by atoms with van der Waals surface area (Å²) in [5.74, 6) is 0.706. The van der Waals surface area contributed by atoms with Gasteiger partial charge >= 0.3 is 5.97 Å². The SMILES string of the molecule is CCOC(=O)CC(=O)Cc1ccc2c(c1)OCCCO2. The molecule has 0 unspecified atom stereocenters. The zero-order valence-corrected chi connectivity index (χ0v) is 11.5. The van der Waals surface area contributed by atoms with E-state index >= 15 is 0 Å². The predicted molar refractivity (Wildman–Crippen MR) is 72.0 cm³/mol. The lowest BCUT2D eigenvalue weighted by atomic mass is 10.1. The lowest BCUT2D eigenvalue weighted by molar-refractivity contribution is -0.145. The second-order valence-electron chi connectivity index (χ2n) is 4.53. The molecule has 0 fully saturated rings. The predicted octanol–water partition coefficient (Wildman–Crippen LogP) is 1.91. The molecular weight excluding hydrogens is 260 g/mol. The van der Waals surface area contributed by atoms with Crippen LogP contribution in [0.1, 0.15) is 25.3 Å². The first-order valence-corrected chi connectivity index (χ1v) is 6.75. The Kier molecular flexibility index (Phi) is 4.98. The second-order valence-corrected chi connectivity index (χ2v) is 4.53. The maximum absolute atomic E-state index is 11.8. The van der Waals surface area contributed by atoms with Crippen LogP contribution in [-0.4, -0.2) is 31.6 Å². The number of esters is 1. The lowest BCUT2D eigenvalue weighted by Crippen LogP contribution is -2.13. The maximum atomic E-state index is 11.8. The number of ketones is 1. The van der Waals surface area contributed by atoms with Crippen molar-refractivity contribution in [2.45, 2.75) is 26.2 Å². The molecule has 0 aromatic heterocycles. The number of fused-ring (bicyclic) bond motifs is 1. The van der Waals surface area contributed by atoms with E-state index in [1.165, 1.54) is 0 Å². The molecule has 0 radical (unpaired) electrons. The number of carbonyl (C=O) groups excluding carboxylic acids is 2. The van der Waals surface area contributed by atoms with Gasteiger partial charge in [0.15, 0.2) is 11.5 Å². The van der Waals surface area contributed by atoms with Crippen LogP contribution in [-0.2, 0) is 20.7 Å². The molecule has 0 saturated carbocycles. The summed E-state index contributed by atoms with van der Waals surface area (Å²) in [6.45, 7) is 3.24. The summed E-state index contributed by atoms with van der Waals surface area (Å²) in [4.78, 5) is 23.0. The first-order chi connectivity index (χ1) is 9.69. The molecule has 1 aliphatic rings. The average Bonchev–Trinajstić information content (AvgIpc) is 2.63. The fraction of sp³-hybridized carbons (Fsp3) is 0.467. The van der Waals surface area contributed by atoms with Crippen molar-refractivity contribution in [1.29, 1.82) is 0 Å². The smallest absolute Gasteiger partial charge is 0.313 e. The van der Waals surface area contributed by atoms with Gasteiger partial charge in [0.05, 0.1) is 19.8 Å². The van der Waals surface area contributed by atoms with Crippen LogP contribution in [0.5, 0.6) is 11.5 Å². The molecule has 108 valence electrons. The van der Waals surface area contributed by atoms with Gasteiger partial charge in [-0.15, -0.1) is 0 Å². The number of benzene rings is 1. The average molecular weight is 278 g/mol. The Bertz CT molecular complexity index is 495. The molecule has 1 aromatic rings. The van der Waals surface area contributed by atoms with Crippen LogP contribution in [0.15, 0.2) is 18.2 Å².